The first-order valence-corrected chi connectivity index (χ1v) is 10.2. The fourth-order valence-electron chi connectivity index (χ4n) is 2.72. The van der Waals surface area contributed by atoms with Crippen LogP contribution in [-0.4, -0.2) is 33.0 Å². The third-order valence-electron chi connectivity index (χ3n) is 4.37. The maximum absolute atomic E-state index is 12.1. The van der Waals surface area contributed by atoms with Crippen molar-refractivity contribution in [1.82, 2.24) is 20.1 Å². The van der Waals surface area contributed by atoms with Crippen molar-refractivity contribution in [3.63, 3.8) is 0 Å². The average molecular weight is 399 g/mol. The van der Waals surface area contributed by atoms with E-state index in [2.05, 4.69) is 15.5 Å². The maximum Gasteiger partial charge on any atom is 0.230 e. The molecule has 0 unspecified atom stereocenters. The molecule has 1 N–H and O–H groups in total. The number of thioether (sulfide) groups is 1. The van der Waals surface area contributed by atoms with Gasteiger partial charge in [0.1, 0.15) is 0 Å². The molecule has 1 aromatic heterocycles. The monoisotopic (exact) mass is 398 g/mol. The molecular weight excluding hydrogens is 380 g/mol. The summed E-state index contributed by atoms with van der Waals surface area (Å²) in [4.78, 5) is 12.1. The lowest BCUT2D eigenvalue weighted by Gasteiger charge is -2.10. The highest BCUT2D eigenvalue weighted by atomic mass is 35.5. The Morgan fingerprint density at radius 1 is 1.11 bits per heavy atom. The molecule has 7 heteroatoms. The minimum Gasteiger partial charge on any atom is -0.355 e. The second kappa shape index (κ2) is 8.15. The predicted molar refractivity (Wildman–Crippen MR) is 108 cm³/mol. The molecule has 2 aromatic carbocycles. The second-order valence-corrected chi connectivity index (χ2v) is 7.90. The van der Waals surface area contributed by atoms with E-state index in [9.17, 15) is 4.79 Å². The van der Waals surface area contributed by atoms with Gasteiger partial charge in [0.25, 0.3) is 0 Å². The van der Waals surface area contributed by atoms with Crippen molar-refractivity contribution >= 4 is 29.3 Å². The zero-order valence-corrected chi connectivity index (χ0v) is 16.2. The summed E-state index contributed by atoms with van der Waals surface area (Å²) in [6.45, 7) is 0.776. The molecule has 138 valence electrons. The number of halogens is 1. The summed E-state index contributed by atoms with van der Waals surface area (Å²) in [7, 11) is 0. The lowest BCUT2D eigenvalue weighted by Crippen LogP contribution is -2.27. The number of hydrogen-bond donors (Lipinski definition) is 1. The quantitative estimate of drug-likeness (QED) is 0.606. The van der Waals surface area contributed by atoms with Gasteiger partial charge in [0.2, 0.25) is 5.91 Å². The second-order valence-electron chi connectivity index (χ2n) is 6.52. The van der Waals surface area contributed by atoms with Gasteiger partial charge in [-0.3, -0.25) is 9.36 Å². The highest BCUT2D eigenvalue weighted by molar-refractivity contribution is 7.99. The molecule has 0 atom stereocenters. The fourth-order valence-corrected chi connectivity index (χ4v) is 3.63. The minimum absolute atomic E-state index is 0.0267. The number of carbonyl (C=O) groups excluding carboxylic acids is 1. The molecule has 27 heavy (non-hydrogen) atoms. The van der Waals surface area contributed by atoms with Crippen LogP contribution in [0.4, 0.5) is 0 Å². The zero-order valence-electron chi connectivity index (χ0n) is 14.6. The Labute approximate surface area is 167 Å². The molecular formula is C20H19ClN4OS. The number of nitrogens with one attached hydrogen (secondary N) is 1. The van der Waals surface area contributed by atoms with Crippen LogP contribution in [0.25, 0.3) is 17.1 Å². The minimum atomic E-state index is 0.0267. The molecule has 1 aliphatic carbocycles. The van der Waals surface area contributed by atoms with Crippen LogP contribution in [0, 0.1) is 5.92 Å². The number of nitrogens with zero attached hydrogens (tertiary/aromatic N) is 3. The molecule has 1 heterocycles. The summed E-state index contributed by atoms with van der Waals surface area (Å²) in [5, 5.41) is 13.0. The first kappa shape index (κ1) is 18.1. The summed E-state index contributed by atoms with van der Waals surface area (Å²) < 4.78 is 1.96. The van der Waals surface area contributed by atoms with Crippen LogP contribution in [-0.2, 0) is 4.79 Å². The molecule has 3 aromatic rings. The highest BCUT2D eigenvalue weighted by Gasteiger charge is 2.22. The van der Waals surface area contributed by atoms with Crippen molar-refractivity contribution in [3.8, 4) is 17.1 Å². The zero-order chi connectivity index (χ0) is 18.6. The number of rotatable bonds is 7. The molecule has 1 saturated carbocycles. The third kappa shape index (κ3) is 4.51. The van der Waals surface area contributed by atoms with E-state index in [4.69, 9.17) is 11.6 Å². The van der Waals surface area contributed by atoms with E-state index < -0.39 is 0 Å². The highest BCUT2D eigenvalue weighted by Crippen LogP contribution is 2.29. The van der Waals surface area contributed by atoms with Crippen molar-refractivity contribution < 1.29 is 4.79 Å². The molecule has 0 aliphatic heterocycles. The third-order valence-corrected chi connectivity index (χ3v) is 5.55. The van der Waals surface area contributed by atoms with Crippen molar-refractivity contribution in [2.75, 3.05) is 12.3 Å². The van der Waals surface area contributed by atoms with Crippen LogP contribution < -0.4 is 5.32 Å². The first-order chi connectivity index (χ1) is 13.2. The van der Waals surface area contributed by atoms with E-state index in [0.29, 0.717) is 21.8 Å². The molecule has 1 fully saturated rings. The predicted octanol–water partition coefficient (Wildman–Crippen LogP) is 4.21. The van der Waals surface area contributed by atoms with E-state index in [0.717, 1.165) is 23.6 Å². The first-order valence-electron chi connectivity index (χ1n) is 8.87. The van der Waals surface area contributed by atoms with Gasteiger partial charge in [-0.1, -0.05) is 53.7 Å². The van der Waals surface area contributed by atoms with Gasteiger partial charge in [0.15, 0.2) is 11.0 Å². The molecule has 0 bridgehead atoms. The van der Waals surface area contributed by atoms with E-state index in [1.165, 1.54) is 24.6 Å². The van der Waals surface area contributed by atoms with Crippen LogP contribution in [0.1, 0.15) is 12.8 Å². The summed E-state index contributed by atoms with van der Waals surface area (Å²) >= 11 is 7.43. The molecule has 1 aliphatic rings. The van der Waals surface area contributed by atoms with Crippen molar-refractivity contribution in [2.24, 2.45) is 5.92 Å². The van der Waals surface area contributed by atoms with Gasteiger partial charge < -0.3 is 5.32 Å². The van der Waals surface area contributed by atoms with Crippen molar-refractivity contribution in [1.29, 1.82) is 0 Å². The standard InChI is InChI=1S/C20H19ClN4OS/c21-16-8-10-17(11-9-16)25-19(15-4-2-1-3-5-15)23-24-20(25)27-13-18(26)22-12-14-6-7-14/h1-5,8-11,14H,6-7,12-13H2,(H,22,26). The van der Waals surface area contributed by atoms with Crippen LogP contribution in [0.15, 0.2) is 59.8 Å². The molecule has 4 rings (SSSR count). The fraction of sp³-hybridized carbons (Fsp3) is 0.250. The summed E-state index contributed by atoms with van der Waals surface area (Å²) in [5.74, 6) is 1.74. The molecule has 5 nitrogen and oxygen atoms in total. The Balaban J connectivity index is 1.59. The van der Waals surface area contributed by atoms with E-state index in [-0.39, 0.29) is 5.91 Å². The Bertz CT molecular complexity index is 923. The Morgan fingerprint density at radius 3 is 2.56 bits per heavy atom. The summed E-state index contributed by atoms with van der Waals surface area (Å²) in [6.07, 6.45) is 2.44. The molecule has 0 saturated heterocycles. The maximum atomic E-state index is 12.1. The van der Waals surface area contributed by atoms with Gasteiger partial charge in [-0.2, -0.15) is 0 Å². The lowest BCUT2D eigenvalue weighted by atomic mass is 10.2. The number of aromatic nitrogens is 3. The van der Waals surface area contributed by atoms with Gasteiger partial charge in [0, 0.05) is 22.8 Å². The van der Waals surface area contributed by atoms with Crippen LogP contribution in [0.5, 0.6) is 0 Å². The SMILES string of the molecule is O=C(CSc1nnc(-c2ccccc2)n1-c1ccc(Cl)cc1)NCC1CC1. The van der Waals surface area contributed by atoms with Gasteiger partial charge in [-0.25, -0.2) is 0 Å². The number of amides is 1. The smallest absolute Gasteiger partial charge is 0.230 e. The molecule has 0 radical (unpaired) electrons. The number of benzene rings is 2. The number of hydrogen-bond acceptors (Lipinski definition) is 4. The Hall–Kier alpha value is -2.31. The van der Waals surface area contributed by atoms with Gasteiger partial charge >= 0.3 is 0 Å². The van der Waals surface area contributed by atoms with Crippen molar-refractivity contribution in [2.45, 2.75) is 18.0 Å². The summed E-state index contributed by atoms with van der Waals surface area (Å²) in [5.41, 5.74) is 1.87. The Kier molecular flexibility index (Phi) is 5.45. The lowest BCUT2D eigenvalue weighted by molar-refractivity contribution is -0.118. The van der Waals surface area contributed by atoms with E-state index in [1.54, 1.807) is 0 Å². The average Bonchev–Trinajstić information content (AvgIpc) is 3.44. The van der Waals surface area contributed by atoms with E-state index in [1.807, 2.05) is 59.2 Å². The van der Waals surface area contributed by atoms with E-state index >= 15 is 0 Å². The number of carbonyl (C=O) groups is 1. The topological polar surface area (TPSA) is 59.8 Å². The van der Waals surface area contributed by atoms with Gasteiger partial charge in [-0.15, -0.1) is 10.2 Å². The van der Waals surface area contributed by atoms with Crippen LogP contribution in [0.2, 0.25) is 5.02 Å². The van der Waals surface area contributed by atoms with Crippen LogP contribution in [0.3, 0.4) is 0 Å². The van der Waals surface area contributed by atoms with Gasteiger partial charge in [-0.05, 0) is 43.0 Å². The largest absolute Gasteiger partial charge is 0.355 e. The summed E-state index contributed by atoms with van der Waals surface area (Å²) in [6, 6.07) is 17.4. The van der Waals surface area contributed by atoms with Crippen molar-refractivity contribution in [3.05, 3.63) is 59.6 Å². The normalized spacial score (nSPS) is 13.5. The molecule has 0 spiro atoms. The van der Waals surface area contributed by atoms with Crippen LogP contribution >= 0.6 is 23.4 Å². The van der Waals surface area contributed by atoms with Gasteiger partial charge in [0.05, 0.1) is 5.75 Å². The Morgan fingerprint density at radius 2 is 1.85 bits per heavy atom. The molecule has 1 amide bonds.